The molecule has 0 radical (unpaired) electrons. The van der Waals surface area contributed by atoms with Gasteiger partial charge in [0.05, 0.1) is 15.5 Å². The van der Waals surface area contributed by atoms with Gasteiger partial charge in [0, 0.05) is 57.3 Å². The number of nitrogens with one attached hydrogen (secondary N) is 2. The number of hydrogen-bond donors (Lipinski definition) is 2. The molecule has 4 aromatic rings. The number of halogens is 5. The Hall–Kier alpha value is -4.13. The van der Waals surface area contributed by atoms with Gasteiger partial charge in [0.2, 0.25) is 5.96 Å². The van der Waals surface area contributed by atoms with Crippen LogP contribution in [-0.4, -0.2) is 50.4 Å². The summed E-state index contributed by atoms with van der Waals surface area (Å²) >= 11 is 7.56. The Balaban J connectivity index is 1.49. The Morgan fingerprint density at radius 1 is 1.02 bits per heavy atom. The smallest absolute Gasteiger partial charge is 0.416 e. The van der Waals surface area contributed by atoms with Gasteiger partial charge < -0.3 is 15.0 Å². The Morgan fingerprint density at radius 2 is 1.76 bits per heavy atom. The van der Waals surface area contributed by atoms with E-state index in [1.807, 2.05) is 25.1 Å². The molecule has 0 aliphatic carbocycles. The van der Waals surface area contributed by atoms with Crippen LogP contribution in [0.15, 0.2) is 87.8 Å². The lowest BCUT2D eigenvalue weighted by Gasteiger charge is -2.28. The fourth-order valence-electron chi connectivity index (χ4n) is 4.72. The highest BCUT2D eigenvalue weighted by Crippen LogP contribution is 2.41. The van der Waals surface area contributed by atoms with Crippen LogP contribution in [-0.2, 0) is 6.18 Å². The molecule has 1 aliphatic heterocycles. The molecule has 7 nitrogen and oxygen atoms in total. The highest BCUT2D eigenvalue weighted by Gasteiger charge is 2.30. The summed E-state index contributed by atoms with van der Waals surface area (Å²) in [7, 11) is 1.58. The maximum Gasteiger partial charge on any atom is 0.416 e. The fourth-order valence-corrected chi connectivity index (χ4v) is 5.67. The minimum atomic E-state index is -4.44. The zero-order valence-electron chi connectivity index (χ0n) is 25.0. The Kier molecular flexibility index (Phi) is 10.8. The van der Waals surface area contributed by atoms with E-state index in [0.29, 0.717) is 28.4 Å². The van der Waals surface area contributed by atoms with Gasteiger partial charge in [0.15, 0.2) is 0 Å². The van der Waals surface area contributed by atoms with E-state index in [4.69, 9.17) is 16.3 Å². The van der Waals surface area contributed by atoms with Gasteiger partial charge in [-0.15, -0.1) is 0 Å². The number of nitrogens with zero attached hydrogens (tertiary/aromatic N) is 4. The van der Waals surface area contributed by atoms with Crippen molar-refractivity contribution in [1.29, 1.82) is 0 Å². The summed E-state index contributed by atoms with van der Waals surface area (Å²) < 4.78 is 64.0. The molecule has 2 N–H and O–H groups in total. The number of anilines is 1. The summed E-state index contributed by atoms with van der Waals surface area (Å²) in [6.45, 7) is 5.17. The Bertz CT molecular complexity index is 1730. The van der Waals surface area contributed by atoms with Crippen LogP contribution >= 0.6 is 23.5 Å². The summed E-state index contributed by atoms with van der Waals surface area (Å²) in [5.74, 6) is 1.01. The van der Waals surface area contributed by atoms with Crippen molar-refractivity contribution in [3.63, 3.8) is 0 Å². The largest absolute Gasteiger partial charge is 0.455 e. The van der Waals surface area contributed by atoms with Crippen LogP contribution < -0.4 is 19.7 Å². The number of ether oxygens (including phenoxy) is 1. The molecule has 3 aromatic carbocycles. The van der Waals surface area contributed by atoms with Crippen molar-refractivity contribution in [2.24, 2.45) is 9.98 Å². The monoisotopic (exact) mass is 670 g/mol. The van der Waals surface area contributed by atoms with E-state index >= 15 is 4.39 Å². The lowest BCUT2D eigenvalue weighted by molar-refractivity contribution is -0.137. The number of hydrogen-bond acceptors (Lipinski definition) is 6. The molecule has 5 rings (SSSR count). The average Bonchev–Trinajstić information content (AvgIpc) is 3.07. The first-order chi connectivity index (χ1) is 22.2. The predicted octanol–water partition coefficient (Wildman–Crippen LogP) is 8.49. The van der Waals surface area contributed by atoms with Crippen LogP contribution in [0.25, 0.3) is 22.3 Å². The third-order valence-corrected chi connectivity index (χ3v) is 8.20. The predicted molar refractivity (Wildman–Crippen MR) is 178 cm³/mol. The molecule has 0 saturated carbocycles. The third kappa shape index (κ3) is 8.17. The van der Waals surface area contributed by atoms with Gasteiger partial charge in [-0.05, 0) is 77.5 Å². The topological polar surface area (TPSA) is 74.1 Å². The van der Waals surface area contributed by atoms with E-state index in [1.165, 1.54) is 24.3 Å². The van der Waals surface area contributed by atoms with Gasteiger partial charge in [-0.3, -0.25) is 9.71 Å². The molecule has 46 heavy (non-hydrogen) atoms. The standard InChI is InChI=1S/C33H31ClF4N6OS/c1-3-11-42-32(39-2)43-46-30-19-26(34)29(20-27(30)35)45-28-9-6-22(21-4-7-24(8-5-21)33(36,37)38)17-25(28)23-10-12-41-31(18-23)44-15-13-40-14-16-44/h4-12,17-20,40H,3,13-16H2,1-2H3,(H,39,43)/b42-11-. The number of pyridine rings is 1. The summed E-state index contributed by atoms with van der Waals surface area (Å²) in [6.07, 6.45) is -0.328. The summed E-state index contributed by atoms with van der Waals surface area (Å²) in [5.41, 5.74) is 1.93. The zero-order valence-corrected chi connectivity index (χ0v) is 26.6. The minimum Gasteiger partial charge on any atom is -0.455 e. The first-order valence-electron chi connectivity index (χ1n) is 14.5. The lowest BCUT2D eigenvalue weighted by atomic mass is 9.97. The second kappa shape index (κ2) is 15.0. The Labute approximate surface area is 273 Å². The molecule has 0 atom stereocenters. The molecule has 240 valence electrons. The quantitative estimate of drug-likeness (QED) is 0.0848. The van der Waals surface area contributed by atoms with Gasteiger partial charge >= 0.3 is 6.18 Å². The van der Waals surface area contributed by atoms with Crippen molar-refractivity contribution in [2.75, 3.05) is 38.1 Å². The van der Waals surface area contributed by atoms with Gasteiger partial charge in [0.1, 0.15) is 23.1 Å². The van der Waals surface area contributed by atoms with E-state index in [-0.39, 0.29) is 15.7 Å². The maximum absolute atomic E-state index is 15.2. The molecule has 1 aromatic heterocycles. The molecular weight excluding hydrogens is 640 g/mol. The molecule has 13 heteroatoms. The highest BCUT2D eigenvalue weighted by molar-refractivity contribution is 7.98. The molecule has 1 fully saturated rings. The van der Waals surface area contributed by atoms with Gasteiger partial charge in [-0.1, -0.05) is 36.7 Å². The van der Waals surface area contributed by atoms with Crippen molar-refractivity contribution >= 4 is 41.5 Å². The van der Waals surface area contributed by atoms with E-state index < -0.39 is 17.6 Å². The minimum absolute atomic E-state index is 0.0943. The molecule has 2 heterocycles. The van der Waals surface area contributed by atoms with E-state index in [2.05, 4.69) is 29.9 Å². The molecule has 0 spiro atoms. The molecule has 1 aliphatic rings. The van der Waals surface area contributed by atoms with Crippen molar-refractivity contribution < 1.29 is 22.3 Å². The number of alkyl halides is 3. The van der Waals surface area contributed by atoms with Crippen LogP contribution in [0, 0.1) is 5.82 Å². The zero-order chi connectivity index (χ0) is 32.7. The number of piperazine rings is 1. The van der Waals surface area contributed by atoms with E-state index in [1.54, 1.807) is 31.6 Å². The highest BCUT2D eigenvalue weighted by atomic mass is 35.5. The maximum atomic E-state index is 15.2. The van der Waals surface area contributed by atoms with Crippen molar-refractivity contribution in [2.45, 2.75) is 24.4 Å². The summed E-state index contributed by atoms with van der Waals surface area (Å²) in [6, 6.07) is 16.6. The number of rotatable bonds is 8. The molecule has 0 bridgehead atoms. The van der Waals surface area contributed by atoms with Crippen LogP contribution in [0.5, 0.6) is 11.5 Å². The second-order valence-corrected chi connectivity index (χ2v) is 11.5. The molecule has 0 unspecified atom stereocenters. The van der Waals surface area contributed by atoms with Gasteiger partial charge in [0.25, 0.3) is 0 Å². The van der Waals surface area contributed by atoms with Crippen LogP contribution in [0.1, 0.15) is 18.9 Å². The lowest BCUT2D eigenvalue weighted by Crippen LogP contribution is -2.43. The Morgan fingerprint density at radius 3 is 2.46 bits per heavy atom. The first kappa shape index (κ1) is 33.2. The first-order valence-corrected chi connectivity index (χ1v) is 15.7. The SMILES string of the molecule is CC/C=N\C(=NC)NSc1cc(Cl)c(Oc2ccc(-c3ccc(C(F)(F)F)cc3)cc2-c2ccnc(N3CCNCC3)c2)cc1F. The van der Waals surface area contributed by atoms with Crippen molar-refractivity contribution in [1.82, 2.24) is 15.0 Å². The van der Waals surface area contributed by atoms with E-state index in [0.717, 1.165) is 68.1 Å². The van der Waals surface area contributed by atoms with Crippen LogP contribution in [0.2, 0.25) is 5.02 Å². The second-order valence-electron chi connectivity index (χ2n) is 10.2. The van der Waals surface area contributed by atoms with Gasteiger partial charge in [-0.25, -0.2) is 14.4 Å². The fraction of sp³-hybridized carbons (Fsp3) is 0.242. The normalized spacial score (nSPS) is 14.2. The van der Waals surface area contributed by atoms with Crippen LogP contribution in [0.4, 0.5) is 23.4 Å². The third-order valence-electron chi connectivity index (χ3n) is 7.09. The average molecular weight is 671 g/mol. The molecular formula is C33H31ClF4N6OS. The van der Waals surface area contributed by atoms with Crippen molar-refractivity contribution in [3.05, 3.63) is 89.3 Å². The number of benzene rings is 3. The summed E-state index contributed by atoms with van der Waals surface area (Å²) in [5, 5.41) is 3.50. The van der Waals surface area contributed by atoms with Crippen LogP contribution in [0.3, 0.4) is 0 Å². The van der Waals surface area contributed by atoms with Gasteiger partial charge in [-0.2, -0.15) is 13.2 Å². The van der Waals surface area contributed by atoms with E-state index in [9.17, 15) is 13.2 Å². The van der Waals surface area contributed by atoms with Crippen molar-refractivity contribution in [3.8, 4) is 33.8 Å². The molecule has 0 amide bonds. The summed E-state index contributed by atoms with van der Waals surface area (Å²) in [4.78, 5) is 15.1. The number of guanidine groups is 1. The molecule has 1 saturated heterocycles. The number of aromatic nitrogens is 1. The number of aliphatic imine (C=N–C) groups is 2.